The van der Waals surface area contributed by atoms with E-state index in [9.17, 15) is 4.79 Å². The van der Waals surface area contributed by atoms with Crippen molar-refractivity contribution in [3.8, 4) is 0 Å². The van der Waals surface area contributed by atoms with Crippen LogP contribution < -0.4 is 5.32 Å². The molecule has 0 aliphatic carbocycles. The number of furan rings is 1. The molecular formula is C12H18N2O2S. The van der Waals surface area contributed by atoms with E-state index >= 15 is 0 Å². The van der Waals surface area contributed by atoms with Gasteiger partial charge in [0.25, 0.3) is 0 Å². The topological polar surface area (TPSA) is 45.5 Å². The van der Waals surface area contributed by atoms with Gasteiger partial charge < -0.3 is 14.6 Å². The molecule has 5 heteroatoms. The number of hydrogen-bond donors (Lipinski definition) is 1. The van der Waals surface area contributed by atoms with Crippen molar-refractivity contribution in [2.45, 2.75) is 12.2 Å². The summed E-state index contributed by atoms with van der Waals surface area (Å²) in [4.78, 5) is 13.8. The molecule has 1 fully saturated rings. The Kier molecular flexibility index (Phi) is 4.94. The number of amides is 1. The van der Waals surface area contributed by atoms with Gasteiger partial charge in [-0.1, -0.05) is 0 Å². The predicted octanol–water partition coefficient (Wildman–Crippen LogP) is 1.33. The van der Waals surface area contributed by atoms with Crippen LogP contribution in [0.25, 0.3) is 0 Å². The number of thioether (sulfide) groups is 1. The molecule has 0 aromatic carbocycles. The van der Waals surface area contributed by atoms with Crippen LogP contribution in [0.3, 0.4) is 0 Å². The normalized spacial score (nSPS) is 16.1. The summed E-state index contributed by atoms with van der Waals surface area (Å²) in [5.41, 5.74) is 0. The lowest BCUT2D eigenvalue weighted by Crippen LogP contribution is -2.46. The van der Waals surface area contributed by atoms with E-state index in [-0.39, 0.29) is 5.91 Å². The SMILES string of the molecule is O=C(CCSCc1ccco1)N1CCNCC1. The summed E-state index contributed by atoms with van der Waals surface area (Å²) in [7, 11) is 0. The van der Waals surface area contributed by atoms with E-state index in [0.717, 1.165) is 43.4 Å². The van der Waals surface area contributed by atoms with E-state index in [4.69, 9.17) is 4.42 Å². The molecular weight excluding hydrogens is 236 g/mol. The highest BCUT2D eigenvalue weighted by Crippen LogP contribution is 2.13. The zero-order valence-electron chi connectivity index (χ0n) is 9.85. The number of hydrogen-bond acceptors (Lipinski definition) is 4. The first kappa shape index (κ1) is 12.5. The summed E-state index contributed by atoms with van der Waals surface area (Å²) in [6, 6.07) is 3.85. The van der Waals surface area contributed by atoms with Crippen molar-refractivity contribution in [1.29, 1.82) is 0 Å². The smallest absolute Gasteiger partial charge is 0.223 e. The van der Waals surface area contributed by atoms with Gasteiger partial charge in [0.15, 0.2) is 0 Å². The summed E-state index contributed by atoms with van der Waals surface area (Å²) in [6.07, 6.45) is 2.31. The van der Waals surface area contributed by atoms with Crippen molar-refractivity contribution in [1.82, 2.24) is 10.2 Å². The van der Waals surface area contributed by atoms with Crippen LogP contribution in [0.5, 0.6) is 0 Å². The molecule has 4 nitrogen and oxygen atoms in total. The van der Waals surface area contributed by atoms with Crippen LogP contribution in [0.2, 0.25) is 0 Å². The van der Waals surface area contributed by atoms with Gasteiger partial charge in [0, 0.05) is 38.4 Å². The second-order valence-electron chi connectivity index (χ2n) is 4.01. The maximum Gasteiger partial charge on any atom is 0.223 e. The van der Waals surface area contributed by atoms with Gasteiger partial charge in [-0.2, -0.15) is 11.8 Å². The van der Waals surface area contributed by atoms with E-state index in [2.05, 4.69) is 5.32 Å². The molecule has 17 heavy (non-hydrogen) atoms. The Balaban J connectivity index is 1.59. The molecule has 0 unspecified atom stereocenters. The molecule has 0 spiro atoms. The van der Waals surface area contributed by atoms with Crippen molar-refractivity contribution in [3.05, 3.63) is 24.2 Å². The fraction of sp³-hybridized carbons (Fsp3) is 0.583. The van der Waals surface area contributed by atoms with Gasteiger partial charge in [-0.3, -0.25) is 4.79 Å². The summed E-state index contributed by atoms with van der Waals surface area (Å²) in [5.74, 6) is 2.97. The van der Waals surface area contributed by atoms with Gasteiger partial charge in [-0.25, -0.2) is 0 Å². The number of carbonyl (C=O) groups is 1. The van der Waals surface area contributed by atoms with Crippen molar-refractivity contribution < 1.29 is 9.21 Å². The monoisotopic (exact) mass is 254 g/mol. The Morgan fingerprint density at radius 1 is 1.47 bits per heavy atom. The highest BCUT2D eigenvalue weighted by molar-refractivity contribution is 7.98. The van der Waals surface area contributed by atoms with Gasteiger partial charge in [0.2, 0.25) is 5.91 Å². The first-order valence-corrected chi connectivity index (χ1v) is 7.10. The highest BCUT2D eigenvalue weighted by atomic mass is 32.2. The van der Waals surface area contributed by atoms with E-state index in [1.807, 2.05) is 17.0 Å². The molecule has 2 rings (SSSR count). The molecule has 1 amide bonds. The summed E-state index contributed by atoms with van der Waals surface area (Å²) in [5, 5.41) is 3.24. The second kappa shape index (κ2) is 6.71. The van der Waals surface area contributed by atoms with Crippen LogP contribution in [0.4, 0.5) is 0 Å². The van der Waals surface area contributed by atoms with Crippen LogP contribution in [0.1, 0.15) is 12.2 Å². The Labute approximate surface area is 106 Å². The first-order chi connectivity index (χ1) is 8.36. The lowest BCUT2D eigenvalue weighted by atomic mass is 10.3. The molecule has 1 aliphatic rings. The molecule has 1 aromatic heterocycles. The Morgan fingerprint density at radius 3 is 3.00 bits per heavy atom. The average molecular weight is 254 g/mol. The van der Waals surface area contributed by atoms with E-state index in [1.165, 1.54) is 0 Å². The molecule has 1 aromatic rings. The number of rotatable bonds is 5. The molecule has 1 N–H and O–H groups in total. The largest absolute Gasteiger partial charge is 0.468 e. The van der Waals surface area contributed by atoms with Crippen LogP contribution >= 0.6 is 11.8 Å². The highest BCUT2D eigenvalue weighted by Gasteiger charge is 2.15. The van der Waals surface area contributed by atoms with Gasteiger partial charge in [0.1, 0.15) is 5.76 Å². The lowest BCUT2D eigenvalue weighted by molar-refractivity contribution is -0.131. The average Bonchev–Trinajstić information content (AvgIpc) is 2.88. The maximum absolute atomic E-state index is 11.8. The third kappa shape index (κ3) is 4.09. The fourth-order valence-corrected chi connectivity index (χ4v) is 2.63. The molecule has 0 saturated carbocycles. The van der Waals surface area contributed by atoms with Gasteiger partial charge >= 0.3 is 0 Å². The summed E-state index contributed by atoms with van der Waals surface area (Å²) in [6.45, 7) is 3.54. The van der Waals surface area contributed by atoms with E-state index < -0.39 is 0 Å². The Bertz CT molecular complexity index is 334. The third-order valence-electron chi connectivity index (χ3n) is 2.75. The number of nitrogens with zero attached hydrogens (tertiary/aromatic N) is 1. The first-order valence-electron chi connectivity index (χ1n) is 5.95. The molecule has 94 valence electrons. The molecule has 1 aliphatic heterocycles. The second-order valence-corrected chi connectivity index (χ2v) is 5.12. The van der Waals surface area contributed by atoms with Crippen LogP contribution in [-0.2, 0) is 10.5 Å². The summed E-state index contributed by atoms with van der Waals surface area (Å²) < 4.78 is 5.23. The van der Waals surface area contributed by atoms with Crippen LogP contribution in [0, 0.1) is 0 Å². The quantitative estimate of drug-likeness (QED) is 0.805. The number of carbonyl (C=O) groups excluding carboxylic acids is 1. The van der Waals surface area contributed by atoms with Crippen molar-refractivity contribution in [2.24, 2.45) is 0 Å². The van der Waals surface area contributed by atoms with Crippen molar-refractivity contribution in [3.63, 3.8) is 0 Å². The van der Waals surface area contributed by atoms with E-state index in [0.29, 0.717) is 6.42 Å². The van der Waals surface area contributed by atoms with E-state index in [1.54, 1.807) is 18.0 Å². The molecule has 0 atom stereocenters. The zero-order chi connectivity index (χ0) is 11.9. The van der Waals surface area contributed by atoms with Gasteiger partial charge in [0.05, 0.1) is 12.0 Å². The molecule has 1 saturated heterocycles. The maximum atomic E-state index is 11.8. The minimum atomic E-state index is 0.276. The predicted molar refractivity (Wildman–Crippen MR) is 68.9 cm³/mol. The number of piperazine rings is 1. The zero-order valence-corrected chi connectivity index (χ0v) is 10.7. The van der Waals surface area contributed by atoms with Crippen molar-refractivity contribution in [2.75, 3.05) is 31.9 Å². The third-order valence-corrected chi connectivity index (χ3v) is 3.74. The lowest BCUT2D eigenvalue weighted by Gasteiger charge is -2.27. The standard InChI is InChI=1S/C12H18N2O2S/c15-12(14-6-4-13-5-7-14)3-9-17-10-11-2-1-8-16-11/h1-2,8,13H,3-7,9-10H2. The van der Waals surface area contributed by atoms with Crippen LogP contribution in [-0.4, -0.2) is 42.7 Å². The molecule has 0 bridgehead atoms. The summed E-state index contributed by atoms with van der Waals surface area (Å²) >= 11 is 1.75. The fourth-order valence-electron chi connectivity index (χ4n) is 1.80. The molecule has 2 heterocycles. The molecule has 0 radical (unpaired) electrons. The van der Waals surface area contributed by atoms with Crippen molar-refractivity contribution >= 4 is 17.7 Å². The Hall–Kier alpha value is -0.940. The Morgan fingerprint density at radius 2 is 2.29 bits per heavy atom. The minimum Gasteiger partial charge on any atom is -0.468 e. The minimum absolute atomic E-state index is 0.276. The van der Waals surface area contributed by atoms with Gasteiger partial charge in [-0.15, -0.1) is 0 Å². The number of nitrogens with one attached hydrogen (secondary N) is 1. The van der Waals surface area contributed by atoms with Gasteiger partial charge in [-0.05, 0) is 12.1 Å². The van der Waals surface area contributed by atoms with Crippen LogP contribution in [0.15, 0.2) is 22.8 Å².